The number of carboxylic acid groups (broad SMARTS) is 1. The Morgan fingerprint density at radius 3 is 2.58 bits per heavy atom. The fraction of sp³-hybridized carbons (Fsp3) is 0.500. The Kier molecular flexibility index (Phi) is 9.06. The Labute approximate surface area is 141 Å². The molecule has 0 radical (unpaired) electrons. The van der Waals surface area contributed by atoms with E-state index in [1.165, 1.54) is 0 Å². The van der Waals surface area contributed by atoms with Crippen LogP contribution in [-0.2, 0) is 16.2 Å². The lowest BCUT2D eigenvalue weighted by Crippen LogP contribution is -2.23. The minimum Gasteiger partial charge on any atom is -0.497 e. The molecule has 0 fully saturated rings. The zero-order valence-electron chi connectivity index (χ0n) is 14.0. The Bertz CT molecular complexity index is 535. The highest BCUT2D eigenvalue weighted by molar-refractivity contribution is 5.74. The Hall–Kier alpha value is -2.48. The van der Waals surface area contributed by atoms with Gasteiger partial charge in [-0.05, 0) is 25.0 Å². The lowest BCUT2D eigenvalue weighted by molar-refractivity contribution is -0.134. The highest BCUT2D eigenvalue weighted by atomic mass is 16.7. The van der Waals surface area contributed by atoms with Gasteiger partial charge in [-0.3, -0.25) is 9.63 Å². The molecule has 0 unspecified atom stereocenters. The molecule has 24 heavy (non-hydrogen) atoms. The number of hydrogen-bond acceptors (Lipinski definition) is 5. The lowest BCUT2D eigenvalue weighted by atomic mass is 10.2. The van der Waals surface area contributed by atoms with Gasteiger partial charge in [0.15, 0.2) is 0 Å². The normalized spacial score (nSPS) is 10.1. The molecule has 0 spiro atoms. The van der Waals surface area contributed by atoms with Crippen molar-refractivity contribution in [2.24, 2.45) is 0 Å². The first kappa shape index (κ1) is 19.6. The second-order valence-electron chi connectivity index (χ2n) is 5.03. The van der Waals surface area contributed by atoms with Crippen molar-refractivity contribution < 1.29 is 29.0 Å². The van der Waals surface area contributed by atoms with Crippen LogP contribution in [0.3, 0.4) is 0 Å². The molecule has 2 amide bonds. The van der Waals surface area contributed by atoms with Gasteiger partial charge in [-0.2, -0.15) is 0 Å². The Morgan fingerprint density at radius 1 is 1.12 bits per heavy atom. The molecule has 1 rings (SSSR count). The van der Waals surface area contributed by atoms with Crippen molar-refractivity contribution in [1.29, 1.82) is 0 Å². The molecule has 0 heterocycles. The summed E-state index contributed by atoms with van der Waals surface area (Å²) in [7, 11) is 3.12. The number of ether oxygens (including phenoxy) is 2. The number of hydrogen-bond donors (Lipinski definition) is 3. The average Bonchev–Trinajstić information content (AvgIpc) is 2.57. The summed E-state index contributed by atoms with van der Waals surface area (Å²) < 4.78 is 10.4. The molecule has 134 valence electrons. The summed E-state index contributed by atoms with van der Waals surface area (Å²) in [6.45, 7) is 0.576. The van der Waals surface area contributed by atoms with Gasteiger partial charge in [-0.15, -0.1) is 0 Å². The first-order valence-corrected chi connectivity index (χ1v) is 7.65. The largest absolute Gasteiger partial charge is 0.497 e. The summed E-state index contributed by atoms with van der Waals surface area (Å²) in [5.41, 5.74) is 3.17. The van der Waals surface area contributed by atoms with Crippen molar-refractivity contribution in [2.75, 3.05) is 20.8 Å². The highest BCUT2D eigenvalue weighted by Gasteiger charge is 2.07. The average molecular weight is 340 g/mol. The van der Waals surface area contributed by atoms with Crippen LogP contribution in [0.1, 0.15) is 31.2 Å². The molecule has 3 N–H and O–H groups in total. The van der Waals surface area contributed by atoms with E-state index in [1.807, 2.05) is 0 Å². The van der Waals surface area contributed by atoms with E-state index < -0.39 is 6.09 Å². The van der Waals surface area contributed by atoms with Gasteiger partial charge in [-0.25, -0.2) is 10.3 Å². The molecule has 0 aliphatic heterocycles. The van der Waals surface area contributed by atoms with Crippen LogP contribution in [0, 0.1) is 0 Å². The zero-order valence-corrected chi connectivity index (χ0v) is 14.0. The van der Waals surface area contributed by atoms with Crippen molar-refractivity contribution in [1.82, 2.24) is 10.8 Å². The number of carbonyl (C=O) groups is 2. The standard InChI is InChI=1S/C16H24N2O6/c1-22-13-8-7-12(14(10-13)23-2)11-24-18-15(19)6-4-3-5-9-17-16(20)21/h7-8,10,17H,3-6,9,11H2,1-2H3,(H,18,19)(H,20,21). The molecular formula is C16H24N2O6. The van der Waals surface area contributed by atoms with Crippen LogP contribution in [0.25, 0.3) is 0 Å². The molecule has 0 saturated heterocycles. The molecule has 0 aromatic heterocycles. The summed E-state index contributed by atoms with van der Waals surface area (Å²) in [6.07, 6.45) is 1.42. The molecule has 0 atom stereocenters. The topological polar surface area (TPSA) is 106 Å². The predicted molar refractivity (Wildman–Crippen MR) is 87.0 cm³/mol. The van der Waals surface area contributed by atoms with Crippen LogP contribution in [0.2, 0.25) is 0 Å². The Balaban J connectivity index is 2.20. The zero-order chi connectivity index (χ0) is 17.8. The summed E-state index contributed by atoms with van der Waals surface area (Å²) >= 11 is 0. The summed E-state index contributed by atoms with van der Waals surface area (Å²) in [6, 6.07) is 5.33. The second kappa shape index (κ2) is 11.1. The SMILES string of the molecule is COc1ccc(CONC(=O)CCCCCNC(=O)O)c(OC)c1. The van der Waals surface area contributed by atoms with E-state index in [9.17, 15) is 9.59 Å². The minimum absolute atomic E-state index is 0.182. The highest BCUT2D eigenvalue weighted by Crippen LogP contribution is 2.24. The van der Waals surface area contributed by atoms with E-state index >= 15 is 0 Å². The van der Waals surface area contributed by atoms with Gasteiger partial charge in [0, 0.05) is 24.6 Å². The second-order valence-corrected chi connectivity index (χ2v) is 5.03. The van der Waals surface area contributed by atoms with Gasteiger partial charge in [0.1, 0.15) is 18.1 Å². The van der Waals surface area contributed by atoms with Crippen molar-refractivity contribution >= 4 is 12.0 Å². The van der Waals surface area contributed by atoms with Crippen LogP contribution >= 0.6 is 0 Å². The number of hydroxylamine groups is 1. The van der Waals surface area contributed by atoms with Crippen LogP contribution < -0.4 is 20.3 Å². The van der Waals surface area contributed by atoms with E-state index in [-0.39, 0.29) is 12.5 Å². The number of nitrogens with one attached hydrogen (secondary N) is 2. The fourth-order valence-corrected chi connectivity index (χ4v) is 2.00. The van der Waals surface area contributed by atoms with E-state index in [4.69, 9.17) is 19.4 Å². The summed E-state index contributed by atoms with van der Waals surface area (Å²) in [5, 5.41) is 10.7. The smallest absolute Gasteiger partial charge is 0.404 e. The number of methoxy groups -OCH3 is 2. The first-order chi connectivity index (χ1) is 11.6. The third-order valence-corrected chi connectivity index (χ3v) is 3.26. The van der Waals surface area contributed by atoms with Gasteiger partial charge in [0.05, 0.1) is 14.2 Å². The van der Waals surface area contributed by atoms with Crippen molar-refractivity contribution in [3.05, 3.63) is 23.8 Å². The molecular weight excluding hydrogens is 316 g/mol. The number of unbranched alkanes of at least 4 members (excludes halogenated alkanes) is 2. The van der Waals surface area contributed by atoms with E-state index in [0.717, 1.165) is 12.0 Å². The minimum atomic E-state index is -1.03. The first-order valence-electron chi connectivity index (χ1n) is 7.65. The maximum absolute atomic E-state index is 11.6. The molecule has 1 aromatic rings. The Morgan fingerprint density at radius 2 is 1.92 bits per heavy atom. The quantitative estimate of drug-likeness (QED) is 0.421. The van der Waals surface area contributed by atoms with Gasteiger partial charge < -0.3 is 19.9 Å². The molecule has 0 aliphatic carbocycles. The van der Waals surface area contributed by atoms with Crippen LogP contribution in [0.5, 0.6) is 11.5 Å². The molecule has 8 heteroatoms. The van der Waals surface area contributed by atoms with Gasteiger partial charge in [0.2, 0.25) is 5.91 Å². The molecule has 8 nitrogen and oxygen atoms in total. The number of carbonyl (C=O) groups excluding carboxylic acids is 1. The van der Waals surface area contributed by atoms with Crippen LogP contribution in [0.15, 0.2) is 18.2 Å². The maximum Gasteiger partial charge on any atom is 0.404 e. The number of amides is 2. The number of benzene rings is 1. The number of rotatable bonds is 11. The van der Waals surface area contributed by atoms with Gasteiger partial charge >= 0.3 is 6.09 Å². The van der Waals surface area contributed by atoms with Crippen molar-refractivity contribution in [3.63, 3.8) is 0 Å². The summed E-state index contributed by atoms with van der Waals surface area (Å²) in [5.74, 6) is 1.08. The third kappa shape index (κ3) is 7.68. The fourth-order valence-electron chi connectivity index (χ4n) is 2.00. The van der Waals surface area contributed by atoms with Crippen molar-refractivity contribution in [2.45, 2.75) is 32.3 Å². The van der Waals surface area contributed by atoms with E-state index in [0.29, 0.717) is 37.3 Å². The lowest BCUT2D eigenvalue weighted by Gasteiger charge is -2.11. The molecule has 1 aromatic carbocycles. The van der Waals surface area contributed by atoms with Crippen molar-refractivity contribution in [3.8, 4) is 11.5 Å². The van der Waals surface area contributed by atoms with Gasteiger partial charge in [0.25, 0.3) is 0 Å². The maximum atomic E-state index is 11.6. The van der Waals surface area contributed by atoms with Crippen LogP contribution in [0.4, 0.5) is 4.79 Å². The molecule has 0 aliphatic rings. The summed E-state index contributed by atoms with van der Waals surface area (Å²) in [4.78, 5) is 27.1. The molecule has 0 bridgehead atoms. The third-order valence-electron chi connectivity index (χ3n) is 3.26. The van der Waals surface area contributed by atoms with E-state index in [2.05, 4.69) is 10.8 Å². The molecule has 0 saturated carbocycles. The van der Waals surface area contributed by atoms with Gasteiger partial charge in [-0.1, -0.05) is 6.42 Å². The monoisotopic (exact) mass is 340 g/mol. The predicted octanol–water partition coefficient (Wildman–Crippen LogP) is 2.08. The van der Waals surface area contributed by atoms with E-state index in [1.54, 1.807) is 32.4 Å². The van der Waals surface area contributed by atoms with Crippen LogP contribution in [-0.4, -0.2) is 37.9 Å².